The first-order valence-corrected chi connectivity index (χ1v) is 8.78. The molecule has 6 nitrogen and oxygen atoms in total. The minimum atomic E-state index is -0.109. The maximum absolute atomic E-state index is 12.2. The number of hydrogen-bond acceptors (Lipinski definition) is 5. The fourth-order valence-corrected chi connectivity index (χ4v) is 2.86. The summed E-state index contributed by atoms with van der Waals surface area (Å²) in [7, 11) is 0. The van der Waals surface area contributed by atoms with Gasteiger partial charge in [0.15, 0.2) is 0 Å². The van der Waals surface area contributed by atoms with Gasteiger partial charge in [-0.2, -0.15) is 0 Å². The number of hydrogen-bond donors (Lipinski definition) is 1. The number of pyridine rings is 2. The molecule has 3 heterocycles. The Balaban J connectivity index is 1.62. The third-order valence-electron chi connectivity index (χ3n) is 4.27. The van der Waals surface area contributed by atoms with Crippen LogP contribution in [-0.4, -0.2) is 48.6 Å². The maximum Gasteiger partial charge on any atom is 0.269 e. The van der Waals surface area contributed by atoms with Crippen molar-refractivity contribution < 1.29 is 4.79 Å². The highest BCUT2D eigenvalue weighted by Crippen LogP contribution is 2.19. The number of anilines is 2. The topological polar surface area (TPSA) is 61.4 Å². The standard InChI is InChI=1S/C19H25N5O/c1-15(2)14-22-19(25)17-13-16(6-8-20-17)23-9-11-24(12-10-23)18-5-3-4-7-21-18/h3-8,13,15H,9-12,14H2,1-2H3,(H,22,25). The van der Waals surface area contributed by atoms with E-state index in [0.717, 1.165) is 37.7 Å². The molecule has 1 amide bonds. The van der Waals surface area contributed by atoms with E-state index >= 15 is 0 Å². The first-order chi connectivity index (χ1) is 12.1. The molecule has 0 atom stereocenters. The van der Waals surface area contributed by atoms with E-state index in [0.29, 0.717) is 18.2 Å². The fourth-order valence-electron chi connectivity index (χ4n) is 2.86. The van der Waals surface area contributed by atoms with Gasteiger partial charge in [-0.15, -0.1) is 0 Å². The second-order valence-corrected chi connectivity index (χ2v) is 6.67. The minimum Gasteiger partial charge on any atom is -0.368 e. The highest BCUT2D eigenvalue weighted by molar-refractivity contribution is 5.93. The molecule has 1 saturated heterocycles. The van der Waals surface area contributed by atoms with Crippen LogP contribution in [0.1, 0.15) is 24.3 Å². The molecular weight excluding hydrogens is 314 g/mol. The van der Waals surface area contributed by atoms with Gasteiger partial charge in [0, 0.05) is 50.8 Å². The third-order valence-corrected chi connectivity index (χ3v) is 4.27. The molecule has 0 saturated carbocycles. The number of amides is 1. The van der Waals surface area contributed by atoms with Crippen LogP contribution in [0.15, 0.2) is 42.7 Å². The van der Waals surface area contributed by atoms with Gasteiger partial charge in [0.25, 0.3) is 5.91 Å². The number of carbonyl (C=O) groups is 1. The summed E-state index contributed by atoms with van der Waals surface area (Å²) in [6.45, 7) is 8.42. The molecule has 0 radical (unpaired) electrons. The van der Waals surface area contributed by atoms with Gasteiger partial charge < -0.3 is 15.1 Å². The molecule has 132 valence electrons. The van der Waals surface area contributed by atoms with E-state index in [4.69, 9.17) is 0 Å². The lowest BCUT2D eigenvalue weighted by Gasteiger charge is -2.36. The van der Waals surface area contributed by atoms with Crippen LogP contribution in [0.3, 0.4) is 0 Å². The fraction of sp³-hybridized carbons (Fsp3) is 0.421. The Morgan fingerprint density at radius 2 is 1.84 bits per heavy atom. The van der Waals surface area contributed by atoms with Crippen molar-refractivity contribution in [2.24, 2.45) is 5.92 Å². The van der Waals surface area contributed by atoms with Crippen molar-refractivity contribution in [2.45, 2.75) is 13.8 Å². The van der Waals surface area contributed by atoms with Gasteiger partial charge in [0.1, 0.15) is 11.5 Å². The van der Waals surface area contributed by atoms with Gasteiger partial charge >= 0.3 is 0 Å². The summed E-state index contributed by atoms with van der Waals surface area (Å²) in [4.78, 5) is 25.4. The van der Waals surface area contributed by atoms with E-state index in [1.165, 1.54) is 0 Å². The SMILES string of the molecule is CC(C)CNC(=O)c1cc(N2CCN(c3ccccn3)CC2)ccn1. The third kappa shape index (κ3) is 4.47. The molecule has 0 unspecified atom stereocenters. The van der Waals surface area contributed by atoms with Crippen LogP contribution in [0.2, 0.25) is 0 Å². The average molecular weight is 339 g/mol. The number of nitrogens with one attached hydrogen (secondary N) is 1. The summed E-state index contributed by atoms with van der Waals surface area (Å²) < 4.78 is 0. The Bertz CT molecular complexity index is 696. The molecular formula is C19H25N5O. The van der Waals surface area contributed by atoms with E-state index < -0.39 is 0 Å². The van der Waals surface area contributed by atoms with Crippen LogP contribution < -0.4 is 15.1 Å². The Kier molecular flexibility index (Phi) is 5.48. The lowest BCUT2D eigenvalue weighted by atomic mass is 10.2. The largest absolute Gasteiger partial charge is 0.368 e. The van der Waals surface area contributed by atoms with Gasteiger partial charge in [0.2, 0.25) is 0 Å². The quantitative estimate of drug-likeness (QED) is 0.905. The normalized spacial score (nSPS) is 14.7. The second kappa shape index (κ2) is 7.96. The van der Waals surface area contributed by atoms with Crippen LogP contribution in [0.5, 0.6) is 0 Å². The molecule has 1 aliphatic rings. The summed E-state index contributed by atoms with van der Waals surface area (Å²) in [6, 6.07) is 9.84. The van der Waals surface area contributed by atoms with Crippen LogP contribution >= 0.6 is 0 Å². The van der Waals surface area contributed by atoms with Crippen molar-refractivity contribution in [2.75, 3.05) is 42.5 Å². The van der Waals surface area contributed by atoms with Gasteiger partial charge in [-0.25, -0.2) is 4.98 Å². The molecule has 0 aliphatic carbocycles. The first kappa shape index (κ1) is 17.2. The number of piperazine rings is 1. The molecule has 0 spiro atoms. The molecule has 2 aromatic rings. The zero-order valence-corrected chi connectivity index (χ0v) is 14.9. The summed E-state index contributed by atoms with van der Waals surface area (Å²) in [6.07, 6.45) is 3.54. The zero-order chi connectivity index (χ0) is 17.6. The van der Waals surface area contributed by atoms with Gasteiger partial charge in [0.05, 0.1) is 0 Å². The molecule has 1 N–H and O–H groups in total. The number of carbonyl (C=O) groups excluding carboxylic acids is 1. The lowest BCUT2D eigenvalue weighted by Crippen LogP contribution is -2.46. The Morgan fingerprint density at radius 3 is 2.52 bits per heavy atom. The van der Waals surface area contributed by atoms with Crippen LogP contribution in [0, 0.1) is 5.92 Å². The molecule has 0 bridgehead atoms. The van der Waals surface area contributed by atoms with Crippen molar-refractivity contribution in [3.05, 3.63) is 48.4 Å². The molecule has 2 aromatic heterocycles. The van der Waals surface area contributed by atoms with Crippen LogP contribution in [0.25, 0.3) is 0 Å². The van der Waals surface area contributed by atoms with Gasteiger partial charge in [-0.3, -0.25) is 9.78 Å². The van der Waals surface area contributed by atoms with Crippen molar-refractivity contribution in [1.29, 1.82) is 0 Å². The molecule has 1 fully saturated rings. The first-order valence-electron chi connectivity index (χ1n) is 8.78. The Hall–Kier alpha value is -2.63. The summed E-state index contributed by atoms with van der Waals surface area (Å²) in [5.74, 6) is 1.33. The number of rotatable bonds is 5. The highest BCUT2D eigenvalue weighted by atomic mass is 16.1. The molecule has 3 rings (SSSR count). The maximum atomic E-state index is 12.2. The average Bonchev–Trinajstić information content (AvgIpc) is 2.67. The van der Waals surface area contributed by atoms with E-state index in [1.54, 1.807) is 6.20 Å². The Morgan fingerprint density at radius 1 is 1.08 bits per heavy atom. The van der Waals surface area contributed by atoms with E-state index in [2.05, 4.69) is 38.9 Å². The summed E-state index contributed by atoms with van der Waals surface area (Å²) in [5.41, 5.74) is 1.52. The highest BCUT2D eigenvalue weighted by Gasteiger charge is 2.19. The van der Waals surface area contributed by atoms with Crippen molar-refractivity contribution in [3.63, 3.8) is 0 Å². The summed E-state index contributed by atoms with van der Waals surface area (Å²) >= 11 is 0. The van der Waals surface area contributed by atoms with E-state index in [9.17, 15) is 4.79 Å². The second-order valence-electron chi connectivity index (χ2n) is 6.67. The molecule has 1 aliphatic heterocycles. The summed E-state index contributed by atoms with van der Waals surface area (Å²) in [5, 5.41) is 2.92. The van der Waals surface area contributed by atoms with Crippen molar-refractivity contribution in [1.82, 2.24) is 15.3 Å². The monoisotopic (exact) mass is 339 g/mol. The smallest absolute Gasteiger partial charge is 0.269 e. The molecule has 25 heavy (non-hydrogen) atoms. The van der Waals surface area contributed by atoms with Gasteiger partial charge in [-0.05, 0) is 30.2 Å². The van der Waals surface area contributed by atoms with E-state index in [-0.39, 0.29) is 5.91 Å². The Labute approximate surface area is 148 Å². The predicted molar refractivity (Wildman–Crippen MR) is 100 cm³/mol. The number of aromatic nitrogens is 2. The van der Waals surface area contributed by atoms with Crippen molar-refractivity contribution >= 4 is 17.4 Å². The van der Waals surface area contributed by atoms with E-state index in [1.807, 2.05) is 36.5 Å². The lowest BCUT2D eigenvalue weighted by molar-refractivity contribution is 0.0944. The molecule has 6 heteroatoms. The van der Waals surface area contributed by atoms with Crippen molar-refractivity contribution in [3.8, 4) is 0 Å². The number of nitrogens with zero attached hydrogens (tertiary/aromatic N) is 4. The molecule has 0 aromatic carbocycles. The van der Waals surface area contributed by atoms with Crippen LogP contribution in [-0.2, 0) is 0 Å². The predicted octanol–water partition coefficient (Wildman–Crippen LogP) is 2.19. The minimum absolute atomic E-state index is 0.109. The zero-order valence-electron chi connectivity index (χ0n) is 14.9. The van der Waals surface area contributed by atoms with Crippen LogP contribution in [0.4, 0.5) is 11.5 Å². The van der Waals surface area contributed by atoms with Gasteiger partial charge in [-0.1, -0.05) is 19.9 Å².